The van der Waals surface area contributed by atoms with E-state index >= 15 is 0 Å². The van der Waals surface area contributed by atoms with Crippen molar-refractivity contribution in [3.63, 3.8) is 0 Å². The highest BCUT2D eigenvalue weighted by Gasteiger charge is 2.24. The lowest BCUT2D eigenvalue weighted by Crippen LogP contribution is -2.34. The number of hydrogen-bond donors (Lipinski definition) is 2. The second-order valence-corrected chi connectivity index (χ2v) is 5.67. The van der Waals surface area contributed by atoms with Crippen molar-refractivity contribution < 1.29 is 19.1 Å². The van der Waals surface area contributed by atoms with E-state index < -0.39 is 6.10 Å². The van der Waals surface area contributed by atoms with Gasteiger partial charge in [0.15, 0.2) is 6.10 Å². The molecule has 24 heavy (non-hydrogen) atoms. The van der Waals surface area contributed by atoms with E-state index in [1.54, 1.807) is 43.3 Å². The first kappa shape index (κ1) is 16.1. The van der Waals surface area contributed by atoms with E-state index in [-0.39, 0.29) is 11.8 Å². The van der Waals surface area contributed by atoms with Crippen LogP contribution in [0.5, 0.6) is 11.5 Å². The second kappa shape index (κ2) is 6.41. The van der Waals surface area contributed by atoms with Gasteiger partial charge in [0, 0.05) is 11.3 Å². The highest BCUT2D eigenvalue weighted by Crippen LogP contribution is 2.31. The number of benzene rings is 2. The van der Waals surface area contributed by atoms with E-state index in [1.807, 2.05) is 0 Å². The van der Waals surface area contributed by atoms with Gasteiger partial charge in [-0.15, -0.1) is 0 Å². The molecule has 0 bridgehead atoms. The topological polar surface area (TPSA) is 76.7 Å². The average molecular weight is 347 g/mol. The van der Waals surface area contributed by atoms with E-state index in [0.717, 1.165) is 0 Å². The summed E-state index contributed by atoms with van der Waals surface area (Å²) in [5.74, 6) is 0.462. The van der Waals surface area contributed by atoms with Gasteiger partial charge in [-0.1, -0.05) is 11.6 Å². The van der Waals surface area contributed by atoms with Gasteiger partial charge in [-0.3, -0.25) is 9.59 Å². The van der Waals surface area contributed by atoms with Gasteiger partial charge < -0.3 is 20.1 Å². The number of hydrogen-bond acceptors (Lipinski definition) is 4. The van der Waals surface area contributed by atoms with E-state index in [2.05, 4.69) is 10.6 Å². The number of methoxy groups -OCH3 is 1. The minimum atomic E-state index is -0.601. The standard InChI is InChI=1S/C17H15ClN2O4/c1-9-16(21)20-13-5-3-10(7-15(13)24-9)17(22)19-11-4-6-14(23-2)12(18)8-11/h3-9H,1-2H3,(H,19,22)(H,20,21). The Bertz CT molecular complexity index is 822. The molecule has 0 saturated carbocycles. The summed E-state index contributed by atoms with van der Waals surface area (Å²) in [4.78, 5) is 23.9. The number of nitrogens with one attached hydrogen (secondary N) is 2. The summed E-state index contributed by atoms with van der Waals surface area (Å²) < 4.78 is 10.6. The fraction of sp³-hybridized carbons (Fsp3) is 0.176. The van der Waals surface area contributed by atoms with Gasteiger partial charge in [-0.2, -0.15) is 0 Å². The molecule has 124 valence electrons. The number of halogens is 1. The van der Waals surface area contributed by atoms with Gasteiger partial charge >= 0.3 is 0 Å². The molecule has 2 N–H and O–H groups in total. The normalized spacial score (nSPS) is 15.8. The predicted molar refractivity (Wildman–Crippen MR) is 91.1 cm³/mol. The van der Waals surface area contributed by atoms with Gasteiger partial charge in [0.05, 0.1) is 17.8 Å². The Kier molecular flexibility index (Phi) is 4.31. The van der Waals surface area contributed by atoms with Crippen molar-refractivity contribution in [3.8, 4) is 11.5 Å². The molecular formula is C17H15ClN2O4. The molecule has 0 saturated heterocycles. The monoisotopic (exact) mass is 346 g/mol. The van der Waals surface area contributed by atoms with Gasteiger partial charge in [-0.05, 0) is 43.3 Å². The van der Waals surface area contributed by atoms with E-state index in [1.165, 1.54) is 7.11 Å². The maximum atomic E-state index is 12.4. The molecule has 1 atom stereocenters. The fourth-order valence-corrected chi connectivity index (χ4v) is 2.55. The molecule has 1 aliphatic rings. The van der Waals surface area contributed by atoms with Gasteiger partial charge in [-0.25, -0.2) is 0 Å². The zero-order valence-electron chi connectivity index (χ0n) is 13.1. The lowest BCUT2D eigenvalue weighted by atomic mass is 10.1. The van der Waals surface area contributed by atoms with E-state index in [9.17, 15) is 9.59 Å². The van der Waals surface area contributed by atoms with E-state index in [4.69, 9.17) is 21.1 Å². The molecule has 0 fully saturated rings. The third kappa shape index (κ3) is 3.14. The van der Waals surface area contributed by atoms with Crippen molar-refractivity contribution in [2.45, 2.75) is 13.0 Å². The zero-order valence-corrected chi connectivity index (χ0v) is 13.8. The Morgan fingerprint density at radius 3 is 2.79 bits per heavy atom. The van der Waals surface area contributed by atoms with Crippen molar-refractivity contribution in [2.24, 2.45) is 0 Å². The molecule has 2 aromatic rings. The first-order valence-electron chi connectivity index (χ1n) is 7.24. The Morgan fingerprint density at radius 1 is 1.29 bits per heavy atom. The Labute approximate surface area is 143 Å². The predicted octanol–water partition coefficient (Wildman–Crippen LogP) is 3.32. The van der Waals surface area contributed by atoms with Crippen LogP contribution in [0.3, 0.4) is 0 Å². The molecule has 1 unspecified atom stereocenters. The molecule has 0 aliphatic carbocycles. The molecule has 2 amide bonds. The van der Waals surface area contributed by atoms with Gasteiger partial charge in [0.2, 0.25) is 0 Å². The highest BCUT2D eigenvalue weighted by atomic mass is 35.5. The second-order valence-electron chi connectivity index (χ2n) is 5.26. The first-order valence-corrected chi connectivity index (χ1v) is 7.62. The number of rotatable bonds is 3. The summed E-state index contributed by atoms with van der Waals surface area (Å²) in [6.07, 6.45) is -0.601. The van der Waals surface area contributed by atoms with Crippen molar-refractivity contribution in [2.75, 3.05) is 17.7 Å². The van der Waals surface area contributed by atoms with Crippen LogP contribution in [0.25, 0.3) is 0 Å². The number of amides is 2. The third-order valence-electron chi connectivity index (χ3n) is 3.58. The fourth-order valence-electron chi connectivity index (χ4n) is 2.29. The van der Waals surface area contributed by atoms with Crippen LogP contribution in [0.4, 0.5) is 11.4 Å². The Balaban J connectivity index is 1.80. The van der Waals surface area contributed by atoms with Crippen molar-refractivity contribution in [3.05, 3.63) is 47.0 Å². The van der Waals surface area contributed by atoms with Gasteiger partial charge in [0.1, 0.15) is 11.5 Å². The maximum Gasteiger partial charge on any atom is 0.265 e. The lowest BCUT2D eigenvalue weighted by Gasteiger charge is -2.23. The van der Waals surface area contributed by atoms with Crippen LogP contribution in [-0.4, -0.2) is 25.0 Å². The van der Waals surface area contributed by atoms with Crippen LogP contribution >= 0.6 is 11.6 Å². The molecule has 0 radical (unpaired) electrons. The summed E-state index contributed by atoms with van der Waals surface area (Å²) in [5, 5.41) is 5.88. The van der Waals surface area contributed by atoms with Crippen molar-refractivity contribution >= 4 is 34.8 Å². The molecule has 2 aromatic carbocycles. The smallest absolute Gasteiger partial charge is 0.265 e. The quantitative estimate of drug-likeness (QED) is 0.893. The Hall–Kier alpha value is -2.73. The highest BCUT2D eigenvalue weighted by molar-refractivity contribution is 6.32. The van der Waals surface area contributed by atoms with Crippen LogP contribution in [0, 0.1) is 0 Å². The van der Waals surface area contributed by atoms with Gasteiger partial charge in [0.25, 0.3) is 11.8 Å². The molecule has 1 heterocycles. The summed E-state index contributed by atoms with van der Waals surface area (Å²) in [7, 11) is 1.52. The third-order valence-corrected chi connectivity index (χ3v) is 3.88. The largest absolute Gasteiger partial charge is 0.495 e. The molecule has 6 nitrogen and oxygen atoms in total. The number of carbonyl (C=O) groups excluding carboxylic acids is 2. The van der Waals surface area contributed by atoms with Crippen LogP contribution in [-0.2, 0) is 4.79 Å². The molecule has 7 heteroatoms. The summed E-state index contributed by atoms with van der Waals surface area (Å²) in [6.45, 7) is 1.64. The average Bonchev–Trinajstić information content (AvgIpc) is 2.55. The molecule has 3 rings (SSSR count). The molecule has 0 aromatic heterocycles. The first-order chi connectivity index (χ1) is 11.5. The summed E-state index contributed by atoms with van der Waals surface area (Å²) in [5.41, 5.74) is 1.50. The number of carbonyl (C=O) groups is 2. The van der Waals surface area contributed by atoms with Crippen LogP contribution < -0.4 is 20.1 Å². The number of anilines is 2. The Morgan fingerprint density at radius 2 is 2.08 bits per heavy atom. The number of ether oxygens (including phenoxy) is 2. The lowest BCUT2D eigenvalue weighted by molar-refractivity contribution is -0.122. The number of fused-ring (bicyclic) bond motifs is 1. The van der Waals surface area contributed by atoms with Crippen LogP contribution in [0.2, 0.25) is 5.02 Å². The SMILES string of the molecule is COc1ccc(NC(=O)c2ccc3c(c2)OC(C)C(=O)N3)cc1Cl. The van der Waals surface area contributed by atoms with Crippen LogP contribution in [0.15, 0.2) is 36.4 Å². The summed E-state index contributed by atoms with van der Waals surface area (Å²) >= 11 is 6.05. The minimum Gasteiger partial charge on any atom is -0.495 e. The van der Waals surface area contributed by atoms with Crippen LogP contribution in [0.1, 0.15) is 17.3 Å². The molecule has 0 spiro atoms. The maximum absolute atomic E-state index is 12.4. The summed E-state index contributed by atoms with van der Waals surface area (Å²) in [6, 6.07) is 9.81. The minimum absolute atomic E-state index is 0.215. The molecular weight excluding hydrogens is 332 g/mol. The molecule has 1 aliphatic heterocycles. The van der Waals surface area contributed by atoms with Crippen molar-refractivity contribution in [1.82, 2.24) is 0 Å². The zero-order chi connectivity index (χ0) is 17.3. The van der Waals surface area contributed by atoms with Crippen molar-refractivity contribution in [1.29, 1.82) is 0 Å². The van der Waals surface area contributed by atoms with E-state index in [0.29, 0.717) is 33.5 Å².